The van der Waals surface area contributed by atoms with E-state index in [2.05, 4.69) is 13.8 Å². The predicted octanol–water partition coefficient (Wildman–Crippen LogP) is 12.7. The summed E-state index contributed by atoms with van der Waals surface area (Å²) in [5, 5.41) is 0. The third-order valence-electron chi connectivity index (χ3n) is 9.16. The van der Waals surface area contributed by atoms with Crippen LogP contribution in [0, 0.1) is 0 Å². The fourth-order valence-electron chi connectivity index (χ4n) is 6.10. The standard InChI is InChI=1S/C40H79O8P/c1-4-7-9-11-13-15-17-19-20-21-23-25-27-29-31-33-35-40(42)48-38(37-47-49(43,44)46-6-3)36-45-39(41)34-32-30-28-26-24-22-18-16-14-12-10-8-5-2/h38H,4-37H2,1-3H3,(H,43,44). The molecule has 1 N–H and O–H groups in total. The van der Waals surface area contributed by atoms with E-state index >= 15 is 0 Å². The number of carbonyl (C=O) groups excluding carboxylic acids is 2. The molecule has 0 saturated heterocycles. The van der Waals surface area contributed by atoms with Crippen LogP contribution in [0.3, 0.4) is 0 Å². The van der Waals surface area contributed by atoms with Crippen molar-refractivity contribution in [2.24, 2.45) is 0 Å². The van der Waals surface area contributed by atoms with Gasteiger partial charge in [-0.25, -0.2) is 4.57 Å². The Bertz CT molecular complexity index is 777. The number of hydrogen-bond donors (Lipinski definition) is 1. The van der Waals surface area contributed by atoms with Crippen molar-refractivity contribution in [2.45, 2.75) is 226 Å². The van der Waals surface area contributed by atoms with Gasteiger partial charge in [-0.2, -0.15) is 0 Å². The maximum Gasteiger partial charge on any atom is 0.472 e. The zero-order valence-electron chi connectivity index (χ0n) is 32.4. The summed E-state index contributed by atoms with van der Waals surface area (Å²) in [5.41, 5.74) is 0. The van der Waals surface area contributed by atoms with Gasteiger partial charge in [0.25, 0.3) is 0 Å². The van der Waals surface area contributed by atoms with E-state index in [0.717, 1.165) is 38.5 Å². The molecule has 0 radical (unpaired) electrons. The van der Waals surface area contributed by atoms with E-state index in [1.54, 1.807) is 6.92 Å². The monoisotopic (exact) mass is 719 g/mol. The molecule has 0 aromatic carbocycles. The van der Waals surface area contributed by atoms with Crippen LogP contribution in [-0.2, 0) is 32.7 Å². The topological polar surface area (TPSA) is 108 Å². The molecule has 0 fully saturated rings. The molecule has 49 heavy (non-hydrogen) atoms. The third-order valence-corrected chi connectivity index (χ3v) is 10.2. The van der Waals surface area contributed by atoms with Crippen LogP contribution in [0.1, 0.15) is 220 Å². The molecular formula is C40H79O8P. The van der Waals surface area contributed by atoms with Gasteiger partial charge in [0.05, 0.1) is 13.2 Å². The Hall–Kier alpha value is -0.950. The van der Waals surface area contributed by atoms with Crippen molar-refractivity contribution in [3.8, 4) is 0 Å². The molecule has 0 saturated carbocycles. The summed E-state index contributed by atoms with van der Waals surface area (Å²) in [4.78, 5) is 34.7. The van der Waals surface area contributed by atoms with Gasteiger partial charge in [0.1, 0.15) is 6.61 Å². The number of ether oxygens (including phenoxy) is 2. The lowest BCUT2D eigenvalue weighted by molar-refractivity contribution is -0.161. The Morgan fingerprint density at radius 2 is 0.796 bits per heavy atom. The average Bonchev–Trinajstić information content (AvgIpc) is 3.07. The molecule has 2 atom stereocenters. The molecule has 0 spiro atoms. The van der Waals surface area contributed by atoms with E-state index < -0.39 is 19.9 Å². The molecule has 0 aliphatic heterocycles. The van der Waals surface area contributed by atoms with Gasteiger partial charge >= 0.3 is 19.8 Å². The second-order valence-corrected chi connectivity index (χ2v) is 15.5. The van der Waals surface area contributed by atoms with Crippen LogP contribution < -0.4 is 0 Å². The van der Waals surface area contributed by atoms with Gasteiger partial charge in [-0.05, 0) is 19.8 Å². The normalized spacial score (nSPS) is 13.3. The van der Waals surface area contributed by atoms with Crippen molar-refractivity contribution in [1.82, 2.24) is 0 Å². The van der Waals surface area contributed by atoms with Crippen molar-refractivity contribution >= 4 is 19.8 Å². The first-order valence-electron chi connectivity index (χ1n) is 20.8. The van der Waals surface area contributed by atoms with Gasteiger partial charge < -0.3 is 14.4 Å². The zero-order valence-corrected chi connectivity index (χ0v) is 33.3. The summed E-state index contributed by atoms with van der Waals surface area (Å²) in [6, 6.07) is 0. The molecule has 9 heteroatoms. The van der Waals surface area contributed by atoms with Crippen LogP contribution in [0.2, 0.25) is 0 Å². The Labute approximate surface area is 302 Å². The molecule has 0 amide bonds. The fourth-order valence-corrected chi connectivity index (χ4v) is 6.86. The number of phosphoric ester groups is 1. The van der Waals surface area contributed by atoms with Gasteiger partial charge in [0.2, 0.25) is 0 Å². The van der Waals surface area contributed by atoms with E-state index in [0.29, 0.717) is 6.42 Å². The second-order valence-electron chi connectivity index (χ2n) is 14.0. The Kier molecular flexibility index (Phi) is 36.1. The van der Waals surface area contributed by atoms with Gasteiger partial charge in [-0.3, -0.25) is 18.6 Å². The molecule has 0 aliphatic carbocycles. The number of hydrogen-bond acceptors (Lipinski definition) is 7. The van der Waals surface area contributed by atoms with Crippen LogP contribution in [0.15, 0.2) is 0 Å². The van der Waals surface area contributed by atoms with Crippen molar-refractivity contribution < 1.29 is 37.6 Å². The summed E-state index contributed by atoms with van der Waals surface area (Å²) in [7, 11) is -4.27. The lowest BCUT2D eigenvalue weighted by Gasteiger charge is -2.19. The van der Waals surface area contributed by atoms with Gasteiger partial charge in [-0.1, -0.05) is 187 Å². The fraction of sp³-hybridized carbons (Fsp3) is 0.950. The van der Waals surface area contributed by atoms with Gasteiger partial charge in [-0.15, -0.1) is 0 Å². The quantitative estimate of drug-likeness (QED) is 0.0380. The maximum atomic E-state index is 12.5. The minimum Gasteiger partial charge on any atom is -0.462 e. The van der Waals surface area contributed by atoms with E-state index in [1.165, 1.54) is 148 Å². The minimum atomic E-state index is -4.27. The molecule has 0 aromatic heterocycles. The number of carbonyl (C=O) groups is 2. The highest BCUT2D eigenvalue weighted by Gasteiger charge is 2.25. The Morgan fingerprint density at radius 3 is 1.14 bits per heavy atom. The van der Waals surface area contributed by atoms with Crippen molar-refractivity contribution in [3.05, 3.63) is 0 Å². The molecule has 2 unspecified atom stereocenters. The van der Waals surface area contributed by atoms with Crippen molar-refractivity contribution in [1.29, 1.82) is 0 Å². The SMILES string of the molecule is CCCCCCCCCCCCCCCCCCC(=O)OC(COC(=O)CCCCCCCCCCCCCCC)COP(=O)(O)OCC. The highest BCUT2D eigenvalue weighted by molar-refractivity contribution is 7.47. The largest absolute Gasteiger partial charge is 0.472 e. The van der Waals surface area contributed by atoms with Gasteiger partial charge in [0, 0.05) is 12.8 Å². The van der Waals surface area contributed by atoms with Crippen LogP contribution >= 0.6 is 7.82 Å². The van der Waals surface area contributed by atoms with Crippen LogP contribution in [0.5, 0.6) is 0 Å². The summed E-state index contributed by atoms with van der Waals surface area (Å²) in [6.07, 6.45) is 35.8. The lowest BCUT2D eigenvalue weighted by Crippen LogP contribution is -2.29. The van der Waals surface area contributed by atoms with Crippen LogP contribution in [-0.4, -0.2) is 42.8 Å². The molecule has 0 aromatic rings. The average molecular weight is 719 g/mol. The number of esters is 2. The summed E-state index contributed by atoms with van der Waals surface area (Å²) >= 11 is 0. The molecule has 292 valence electrons. The lowest BCUT2D eigenvalue weighted by atomic mass is 10.0. The van der Waals surface area contributed by atoms with E-state index in [1.807, 2.05) is 0 Å². The number of phosphoric acid groups is 1. The molecule has 8 nitrogen and oxygen atoms in total. The smallest absolute Gasteiger partial charge is 0.462 e. The molecule has 0 rings (SSSR count). The Morgan fingerprint density at radius 1 is 0.469 bits per heavy atom. The Balaban J connectivity index is 4.05. The van der Waals surface area contributed by atoms with E-state index in [-0.39, 0.29) is 32.2 Å². The van der Waals surface area contributed by atoms with Crippen molar-refractivity contribution in [3.63, 3.8) is 0 Å². The number of rotatable bonds is 39. The second kappa shape index (κ2) is 36.8. The predicted molar refractivity (Wildman–Crippen MR) is 203 cm³/mol. The number of unbranched alkanes of at least 4 members (excludes halogenated alkanes) is 27. The molecule has 0 bridgehead atoms. The zero-order chi connectivity index (χ0) is 36.1. The van der Waals surface area contributed by atoms with E-state index in [9.17, 15) is 19.0 Å². The molecular weight excluding hydrogens is 639 g/mol. The summed E-state index contributed by atoms with van der Waals surface area (Å²) < 4.78 is 32.6. The first-order chi connectivity index (χ1) is 23.8. The molecule has 0 aliphatic rings. The van der Waals surface area contributed by atoms with Gasteiger partial charge in [0.15, 0.2) is 6.10 Å². The summed E-state index contributed by atoms with van der Waals surface area (Å²) in [6.45, 7) is 5.51. The van der Waals surface area contributed by atoms with E-state index in [4.69, 9.17) is 18.5 Å². The highest BCUT2D eigenvalue weighted by atomic mass is 31.2. The first kappa shape index (κ1) is 48.0. The molecule has 0 heterocycles. The van der Waals surface area contributed by atoms with Crippen LogP contribution in [0.4, 0.5) is 0 Å². The first-order valence-corrected chi connectivity index (χ1v) is 22.3. The van der Waals surface area contributed by atoms with Crippen molar-refractivity contribution in [2.75, 3.05) is 19.8 Å². The maximum absolute atomic E-state index is 12.5. The highest BCUT2D eigenvalue weighted by Crippen LogP contribution is 2.43. The summed E-state index contributed by atoms with van der Waals surface area (Å²) in [5.74, 6) is -0.783. The third kappa shape index (κ3) is 36.6. The van der Waals surface area contributed by atoms with Crippen LogP contribution in [0.25, 0.3) is 0 Å². The minimum absolute atomic E-state index is 0.00555.